The zero-order chi connectivity index (χ0) is 15.2. The Hall–Kier alpha value is -2.34. The molecule has 0 fully saturated rings. The van der Waals surface area contributed by atoms with E-state index in [1.54, 1.807) is 25.3 Å². The third kappa shape index (κ3) is 3.82. The summed E-state index contributed by atoms with van der Waals surface area (Å²) in [4.78, 5) is 4.01. The summed E-state index contributed by atoms with van der Waals surface area (Å²) in [5.74, 6) is 0.663. The van der Waals surface area contributed by atoms with E-state index in [2.05, 4.69) is 4.98 Å². The first-order valence-electron chi connectivity index (χ1n) is 6.55. The fourth-order valence-electron chi connectivity index (χ4n) is 1.94. The first kappa shape index (κ1) is 15.1. The smallest absolute Gasteiger partial charge is 0.133 e. The zero-order valence-corrected chi connectivity index (χ0v) is 11.8. The first-order valence-corrected chi connectivity index (χ1v) is 6.55. The maximum absolute atomic E-state index is 13.4. The predicted octanol–water partition coefficient (Wildman–Crippen LogP) is 2.47. The van der Waals surface area contributed by atoms with Crippen LogP contribution < -0.4 is 16.2 Å². The molecule has 0 bridgehead atoms. The van der Waals surface area contributed by atoms with Crippen molar-refractivity contribution in [1.82, 2.24) is 4.98 Å². The summed E-state index contributed by atoms with van der Waals surface area (Å²) in [5, 5.41) is 0. The summed E-state index contributed by atoms with van der Waals surface area (Å²) in [6, 6.07) is 7.69. The molecule has 0 saturated heterocycles. The van der Waals surface area contributed by atoms with Crippen LogP contribution in [0.15, 0.2) is 30.3 Å². The second-order valence-corrected chi connectivity index (χ2v) is 4.50. The molecule has 21 heavy (non-hydrogen) atoms. The summed E-state index contributed by atoms with van der Waals surface area (Å²) in [7, 11) is 1.62. The van der Waals surface area contributed by atoms with Gasteiger partial charge in [0.1, 0.15) is 23.2 Å². The Labute approximate surface area is 122 Å². The lowest BCUT2D eigenvalue weighted by atomic mass is 10.1. The number of nitrogens with two attached hydrogens (primary N) is 2. The largest absolute Gasteiger partial charge is 0.493 e. The molecule has 5 nitrogen and oxygen atoms in total. The molecule has 0 saturated carbocycles. The molecule has 4 N–H and O–H groups in total. The number of nitrogen functional groups attached to an aromatic ring is 2. The summed E-state index contributed by atoms with van der Waals surface area (Å²) >= 11 is 0. The van der Waals surface area contributed by atoms with E-state index in [-0.39, 0.29) is 11.6 Å². The van der Waals surface area contributed by atoms with Gasteiger partial charge < -0.3 is 20.9 Å². The SMILES string of the molecule is COCCCOc1cc(F)ccc1-c1ccc(N)nc1N. The molecular weight excluding hydrogens is 273 g/mol. The maximum atomic E-state index is 13.4. The third-order valence-electron chi connectivity index (χ3n) is 2.93. The van der Waals surface area contributed by atoms with Gasteiger partial charge in [0.15, 0.2) is 0 Å². The van der Waals surface area contributed by atoms with Crippen LogP contribution in [-0.4, -0.2) is 25.3 Å². The molecule has 2 rings (SSSR count). The number of nitrogens with zero attached hydrogens (tertiary/aromatic N) is 1. The van der Waals surface area contributed by atoms with Gasteiger partial charge in [-0.1, -0.05) is 0 Å². The van der Waals surface area contributed by atoms with Crippen LogP contribution in [0.1, 0.15) is 6.42 Å². The molecule has 0 radical (unpaired) electrons. The van der Waals surface area contributed by atoms with E-state index in [4.69, 9.17) is 20.9 Å². The van der Waals surface area contributed by atoms with Gasteiger partial charge >= 0.3 is 0 Å². The molecule has 1 aromatic heterocycles. The number of hydrogen-bond donors (Lipinski definition) is 2. The monoisotopic (exact) mass is 291 g/mol. The van der Waals surface area contributed by atoms with Gasteiger partial charge in [-0.2, -0.15) is 0 Å². The van der Waals surface area contributed by atoms with E-state index >= 15 is 0 Å². The van der Waals surface area contributed by atoms with Crippen LogP contribution in [0.25, 0.3) is 11.1 Å². The molecule has 0 aliphatic heterocycles. The number of methoxy groups -OCH3 is 1. The highest BCUT2D eigenvalue weighted by molar-refractivity contribution is 5.79. The van der Waals surface area contributed by atoms with Crippen molar-refractivity contribution >= 4 is 11.6 Å². The molecule has 6 heteroatoms. The van der Waals surface area contributed by atoms with Gasteiger partial charge in [-0.3, -0.25) is 0 Å². The van der Waals surface area contributed by atoms with Crippen LogP contribution in [0.4, 0.5) is 16.0 Å². The minimum atomic E-state index is -0.373. The number of rotatable bonds is 6. The predicted molar refractivity (Wildman–Crippen MR) is 80.4 cm³/mol. The van der Waals surface area contributed by atoms with Crippen molar-refractivity contribution in [2.45, 2.75) is 6.42 Å². The normalized spacial score (nSPS) is 10.6. The minimum absolute atomic E-state index is 0.281. The van der Waals surface area contributed by atoms with Crippen LogP contribution in [0.3, 0.4) is 0 Å². The molecule has 0 atom stereocenters. The number of hydrogen-bond acceptors (Lipinski definition) is 5. The van der Waals surface area contributed by atoms with Crippen LogP contribution in [-0.2, 0) is 4.74 Å². The molecule has 0 spiro atoms. The topological polar surface area (TPSA) is 83.4 Å². The van der Waals surface area contributed by atoms with E-state index < -0.39 is 0 Å². The number of pyridine rings is 1. The van der Waals surface area contributed by atoms with Gasteiger partial charge in [0.05, 0.1) is 6.61 Å². The Morgan fingerprint density at radius 2 is 1.86 bits per heavy atom. The number of anilines is 2. The number of aromatic nitrogens is 1. The lowest BCUT2D eigenvalue weighted by molar-refractivity contribution is 0.172. The second-order valence-electron chi connectivity index (χ2n) is 4.50. The van der Waals surface area contributed by atoms with Crippen molar-refractivity contribution in [2.24, 2.45) is 0 Å². The van der Waals surface area contributed by atoms with Gasteiger partial charge in [0.2, 0.25) is 0 Å². The highest BCUT2D eigenvalue weighted by atomic mass is 19.1. The van der Waals surface area contributed by atoms with Crippen molar-refractivity contribution < 1.29 is 13.9 Å². The second kappa shape index (κ2) is 6.90. The molecule has 112 valence electrons. The van der Waals surface area contributed by atoms with Gasteiger partial charge in [-0.05, 0) is 24.3 Å². The highest BCUT2D eigenvalue weighted by Crippen LogP contribution is 2.34. The Morgan fingerprint density at radius 1 is 1.10 bits per heavy atom. The van der Waals surface area contributed by atoms with E-state index in [1.807, 2.05) is 0 Å². The van der Waals surface area contributed by atoms with Crippen LogP contribution in [0.5, 0.6) is 5.75 Å². The fraction of sp³-hybridized carbons (Fsp3) is 0.267. The average molecular weight is 291 g/mol. The minimum Gasteiger partial charge on any atom is -0.493 e. The molecule has 1 heterocycles. The summed E-state index contributed by atoms with van der Waals surface area (Å²) < 4.78 is 24.0. The van der Waals surface area contributed by atoms with Crippen LogP contribution in [0.2, 0.25) is 0 Å². The van der Waals surface area contributed by atoms with E-state index in [1.165, 1.54) is 12.1 Å². The Morgan fingerprint density at radius 3 is 2.57 bits per heavy atom. The van der Waals surface area contributed by atoms with E-state index in [9.17, 15) is 4.39 Å². The number of benzene rings is 1. The van der Waals surface area contributed by atoms with Gasteiger partial charge in [-0.15, -0.1) is 0 Å². The molecule has 0 unspecified atom stereocenters. The summed E-state index contributed by atoms with van der Waals surface area (Å²) in [6.45, 7) is 1.00. The Balaban J connectivity index is 2.29. The number of ether oxygens (including phenoxy) is 2. The van der Waals surface area contributed by atoms with Gasteiger partial charge in [0.25, 0.3) is 0 Å². The molecule has 0 aliphatic carbocycles. The Kier molecular flexibility index (Phi) is 4.94. The van der Waals surface area contributed by atoms with Crippen molar-refractivity contribution in [3.8, 4) is 16.9 Å². The average Bonchev–Trinajstić information content (AvgIpc) is 2.45. The number of halogens is 1. The lowest BCUT2D eigenvalue weighted by Crippen LogP contribution is -2.04. The third-order valence-corrected chi connectivity index (χ3v) is 2.93. The Bertz CT molecular complexity index is 620. The fourth-order valence-corrected chi connectivity index (χ4v) is 1.94. The maximum Gasteiger partial charge on any atom is 0.133 e. The molecule has 0 aliphatic rings. The van der Waals surface area contributed by atoms with E-state index in [0.29, 0.717) is 42.3 Å². The quantitative estimate of drug-likeness (QED) is 0.799. The highest BCUT2D eigenvalue weighted by Gasteiger charge is 2.12. The van der Waals surface area contributed by atoms with Crippen molar-refractivity contribution in [3.05, 3.63) is 36.1 Å². The van der Waals surface area contributed by atoms with Gasteiger partial charge in [0, 0.05) is 37.3 Å². The van der Waals surface area contributed by atoms with Crippen LogP contribution >= 0.6 is 0 Å². The van der Waals surface area contributed by atoms with Gasteiger partial charge in [-0.25, -0.2) is 9.37 Å². The molecule has 0 amide bonds. The van der Waals surface area contributed by atoms with E-state index in [0.717, 1.165) is 0 Å². The zero-order valence-electron chi connectivity index (χ0n) is 11.8. The summed E-state index contributed by atoms with van der Waals surface area (Å²) in [6.07, 6.45) is 0.710. The summed E-state index contributed by atoms with van der Waals surface area (Å²) in [5.41, 5.74) is 12.8. The molecule has 1 aromatic carbocycles. The first-order chi connectivity index (χ1) is 10.1. The molecular formula is C15H18FN3O2. The standard InChI is InChI=1S/C15H18FN3O2/c1-20-7-2-8-21-13-9-10(16)3-4-11(13)12-5-6-14(17)19-15(12)18/h3-6,9H,2,7-8H2,1H3,(H4,17,18,19). The van der Waals surface area contributed by atoms with Crippen molar-refractivity contribution in [2.75, 3.05) is 31.8 Å². The molecule has 2 aromatic rings. The van der Waals surface area contributed by atoms with Crippen molar-refractivity contribution in [1.29, 1.82) is 0 Å². The van der Waals surface area contributed by atoms with Crippen LogP contribution in [0, 0.1) is 5.82 Å². The van der Waals surface area contributed by atoms with Crippen molar-refractivity contribution in [3.63, 3.8) is 0 Å². The lowest BCUT2D eigenvalue weighted by Gasteiger charge is -2.13.